The van der Waals surface area contributed by atoms with E-state index in [1.165, 1.54) is 16.3 Å². The van der Waals surface area contributed by atoms with Crippen molar-refractivity contribution in [2.75, 3.05) is 13.7 Å². The first kappa shape index (κ1) is 13.5. The molecule has 4 rings (SSSR count). The molecule has 4 heteroatoms. The number of rotatable bonds is 3. The maximum Gasteiger partial charge on any atom is 0.126 e. The van der Waals surface area contributed by atoms with Gasteiger partial charge in [-0.25, -0.2) is 4.98 Å². The summed E-state index contributed by atoms with van der Waals surface area (Å²) in [6.45, 7) is 0.964. The molecule has 0 spiro atoms. The molecule has 1 aromatic heterocycles. The quantitative estimate of drug-likeness (QED) is 0.795. The Bertz CT molecular complexity index is 790. The smallest absolute Gasteiger partial charge is 0.126 e. The van der Waals surface area contributed by atoms with Crippen LogP contribution >= 0.6 is 0 Å². The van der Waals surface area contributed by atoms with Gasteiger partial charge in [0.1, 0.15) is 5.82 Å². The molecule has 3 aromatic rings. The van der Waals surface area contributed by atoms with Gasteiger partial charge in [-0.2, -0.15) is 5.06 Å². The molecule has 0 saturated carbocycles. The van der Waals surface area contributed by atoms with Gasteiger partial charge in [-0.05, 0) is 23.6 Å². The van der Waals surface area contributed by atoms with Gasteiger partial charge in [0.05, 0.1) is 25.0 Å². The second-order valence-electron chi connectivity index (χ2n) is 5.69. The Labute approximate surface area is 129 Å². The number of imidazole rings is 1. The van der Waals surface area contributed by atoms with Crippen LogP contribution in [0.1, 0.15) is 24.7 Å². The zero-order chi connectivity index (χ0) is 14.9. The SMILES string of the molecule is CON1CCC[C@@H]1c1ncc(-c2cccc3ccccc23)[nH]1. The van der Waals surface area contributed by atoms with Crippen molar-refractivity contribution in [2.24, 2.45) is 0 Å². The van der Waals surface area contributed by atoms with Crippen LogP contribution in [0.5, 0.6) is 0 Å². The normalized spacial score (nSPS) is 19.0. The van der Waals surface area contributed by atoms with Crippen LogP contribution in [0, 0.1) is 0 Å². The number of nitrogens with one attached hydrogen (secondary N) is 1. The molecule has 2 aromatic carbocycles. The molecule has 0 radical (unpaired) electrons. The lowest BCUT2D eigenvalue weighted by atomic mass is 10.0. The predicted molar refractivity (Wildman–Crippen MR) is 87.2 cm³/mol. The van der Waals surface area contributed by atoms with E-state index < -0.39 is 0 Å². The Morgan fingerprint density at radius 2 is 2.05 bits per heavy atom. The average Bonchev–Trinajstić information content (AvgIpc) is 3.22. The van der Waals surface area contributed by atoms with E-state index in [0.717, 1.165) is 30.9 Å². The van der Waals surface area contributed by atoms with E-state index in [1.807, 2.05) is 11.3 Å². The number of nitrogens with zero attached hydrogens (tertiary/aromatic N) is 2. The largest absolute Gasteiger partial charge is 0.341 e. The Hall–Kier alpha value is -2.17. The molecule has 0 bridgehead atoms. The van der Waals surface area contributed by atoms with Crippen LogP contribution < -0.4 is 0 Å². The summed E-state index contributed by atoms with van der Waals surface area (Å²) in [4.78, 5) is 13.5. The minimum absolute atomic E-state index is 0.230. The average molecular weight is 293 g/mol. The fourth-order valence-corrected chi connectivity index (χ4v) is 3.34. The van der Waals surface area contributed by atoms with Gasteiger partial charge in [0.15, 0.2) is 0 Å². The van der Waals surface area contributed by atoms with Crippen LogP contribution in [0.2, 0.25) is 0 Å². The molecule has 22 heavy (non-hydrogen) atoms. The fraction of sp³-hybridized carbons (Fsp3) is 0.278. The first-order valence-electron chi connectivity index (χ1n) is 7.70. The van der Waals surface area contributed by atoms with Crippen LogP contribution in [-0.4, -0.2) is 28.7 Å². The third kappa shape index (κ3) is 2.21. The van der Waals surface area contributed by atoms with E-state index in [0.29, 0.717) is 0 Å². The molecule has 1 aliphatic rings. The number of hydrogen-bond acceptors (Lipinski definition) is 3. The minimum atomic E-state index is 0.230. The topological polar surface area (TPSA) is 41.1 Å². The van der Waals surface area contributed by atoms with E-state index in [-0.39, 0.29) is 6.04 Å². The third-order valence-corrected chi connectivity index (χ3v) is 4.43. The lowest BCUT2D eigenvalue weighted by Crippen LogP contribution is -2.22. The molecule has 1 fully saturated rings. The zero-order valence-electron chi connectivity index (χ0n) is 12.6. The highest BCUT2D eigenvalue weighted by Gasteiger charge is 2.28. The van der Waals surface area contributed by atoms with Gasteiger partial charge in [0.25, 0.3) is 0 Å². The highest BCUT2D eigenvalue weighted by molar-refractivity contribution is 5.95. The molecule has 1 saturated heterocycles. The Morgan fingerprint density at radius 3 is 2.95 bits per heavy atom. The lowest BCUT2D eigenvalue weighted by Gasteiger charge is -2.19. The first-order valence-corrected chi connectivity index (χ1v) is 7.70. The molecule has 0 aliphatic carbocycles. The van der Waals surface area contributed by atoms with Gasteiger partial charge in [-0.15, -0.1) is 0 Å². The van der Waals surface area contributed by atoms with E-state index in [1.54, 1.807) is 7.11 Å². The maximum absolute atomic E-state index is 5.44. The first-order chi connectivity index (χ1) is 10.9. The van der Waals surface area contributed by atoms with Crippen LogP contribution in [0.25, 0.3) is 22.0 Å². The maximum atomic E-state index is 5.44. The monoisotopic (exact) mass is 293 g/mol. The zero-order valence-corrected chi connectivity index (χ0v) is 12.6. The summed E-state index contributed by atoms with van der Waals surface area (Å²) in [6, 6.07) is 15.0. The van der Waals surface area contributed by atoms with Gasteiger partial charge in [-0.3, -0.25) is 0 Å². The summed E-state index contributed by atoms with van der Waals surface area (Å²) < 4.78 is 0. The highest BCUT2D eigenvalue weighted by Crippen LogP contribution is 2.32. The molecule has 1 atom stereocenters. The second kappa shape index (κ2) is 5.55. The van der Waals surface area contributed by atoms with E-state index in [2.05, 4.69) is 52.4 Å². The number of hydroxylamine groups is 2. The van der Waals surface area contributed by atoms with E-state index in [9.17, 15) is 0 Å². The Balaban J connectivity index is 1.74. The standard InChI is InChI=1S/C18H19N3O/c1-22-21-11-5-10-17(21)18-19-12-16(20-18)15-9-4-7-13-6-2-3-8-14(13)15/h2-4,6-9,12,17H,5,10-11H2,1H3,(H,19,20)/t17-/m1/s1. The fourth-order valence-electron chi connectivity index (χ4n) is 3.34. The van der Waals surface area contributed by atoms with Gasteiger partial charge in [0.2, 0.25) is 0 Å². The molecule has 0 unspecified atom stereocenters. The summed E-state index contributed by atoms with van der Waals surface area (Å²) in [7, 11) is 1.73. The molecule has 4 nitrogen and oxygen atoms in total. The summed E-state index contributed by atoms with van der Waals surface area (Å²) in [5.41, 5.74) is 2.26. The van der Waals surface area contributed by atoms with Gasteiger partial charge >= 0.3 is 0 Å². The number of H-pyrrole nitrogens is 1. The van der Waals surface area contributed by atoms with Crippen LogP contribution in [0.15, 0.2) is 48.7 Å². The van der Waals surface area contributed by atoms with E-state index in [4.69, 9.17) is 4.84 Å². The number of hydrogen-bond donors (Lipinski definition) is 1. The minimum Gasteiger partial charge on any atom is -0.341 e. The van der Waals surface area contributed by atoms with Gasteiger partial charge < -0.3 is 9.82 Å². The lowest BCUT2D eigenvalue weighted by molar-refractivity contribution is -0.144. The molecule has 2 heterocycles. The van der Waals surface area contributed by atoms with Crippen LogP contribution in [0.3, 0.4) is 0 Å². The molecule has 112 valence electrons. The molecular weight excluding hydrogens is 274 g/mol. The number of fused-ring (bicyclic) bond motifs is 1. The number of aromatic nitrogens is 2. The highest BCUT2D eigenvalue weighted by atomic mass is 16.7. The van der Waals surface area contributed by atoms with Gasteiger partial charge in [0, 0.05) is 12.1 Å². The Kier molecular flexibility index (Phi) is 3.41. The molecule has 1 N–H and O–H groups in total. The van der Waals surface area contributed by atoms with Crippen molar-refractivity contribution in [1.29, 1.82) is 0 Å². The van der Waals surface area contributed by atoms with E-state index >= 15 is 0 Å². The summed E-state index contributed by atoms with van der Waals surface area (Å²) in [6.07, 6.45) is 4.16. The molecule has 0 amide bonds. The number of benzene rings is 2. The molecular formula is C18H19N3O. The van der Waals surface area contributed by atoms with Crippen molar-refractivity contribution < 1.29 is 4.84 Å². The van der Waals surface area contributed by atoms with Crippen molar-refractivity contribution in [1.82, 2.24) is 15.0 Å². The summed E-state index contributed by atoms with van der Waals surface area (Å²) in [5.74, 6) is 0.988. The van der Waals surface area contributed by atoms with Crippen molar-refractivity contribution in [3.8, 4) is 11.3 Å². The molecule has 1 aliphatic heterocycles. The summed E-state index contributed by atoms with van der Waals surface area (Å²) >= 11 is 0. The van der Waals surface area contributed by atoms with Crippen molar-refractivity contribution >= 4 is 10.8 Å². The second-order valence-corrected chi connectivity index (χ2v) is 5.69. The van der Waals surface area contributed by atoms with Gasteiger partial charge in [-0.1, -0.05) is 42.5 Å². The van der Waals surface area contributed by atoms with Crippen molar-refractivity contribution in [3.05, 3.63) is 54.5 Å². The Morgan fingerprint density at radius 1 is 1.18 bits per heavy atom. The summed E-state index contributed by atoms with van der Waals surface area (Å²) in [5, 5.41) is 4.50. The van der Waals surface area contributed by atoms with Crippen molar-refractivity contribution in [3.63, 3.8) is 0 Å². The third-order valence-electron chi connectivity index (χ3n) is 4.43. The predicted octanol–water partition coefficient (Wildman–Crippen LogP) is 3.93. The van der Waals surface area contributed by atoms with Crippen LogP contribution in [-0.2, 0) is 4.84 Å². The number of aromatic amines is 1. The van der Waals surface area contributed by atoms with Crippen LogP contribution in [0.4, 0.5) is 0 Å². The van der Waals surface area contributed by atoms with Crippen molar-refractivity contribution in [2.45, 2.75) is 18.9 Å².